The van der Waals surface area contributed by atoms with Gasteiger partial charge in [-0.25, -0.2) is 0 Å². The van der Waals surface area contributed by atoms with Gasteiger partial charge in [0.1, 0.15) is 11.6 Å². The first-order chi connectivity index (χ1) is 9.04. The average molecular weight is 296 g/mol. The molecule has 1 aliphatic heterocycles. The van der Waals surface area contributed by atoms with Gasteiger partial charge >= 0.3 is 0 Å². The standard InChI is InChI=1S/C13H11Cl2N3O/c14-9-5-10(15)11(17)4-7(9)13(19)8(6-16)12-2-1-3-18-12/h4-5,18H,1-3,17H2. The van der Waals surface area contributed by atoms with E-state index in [-0.39, 0.29) is 26.9 Å². The van der Waals surface area contributed by atoms with E-state index in [4.69, 9.17) is 34.2 Å². The first-order valence-electron chi connectivity index (χ1n) is 5.71. The number of hydrogen-bond donors (Lipinski definition) is 2. The molecule has 0 bridgehead atoms. The molecule has 0 atom stereocenters. The molecular formula is C13H11Cl2N3O. The van der Waals surface area contributed by atoms with Crippen molar-refractivity contribution >= 4 is 34.7 Å². The van der Waals surface area contributed by atoms with E-state index in [2.05, 4.69) is 5.32 Å². The predicted octanol–water partition coefficient (Wildman–Crippen LogP) is 2.92. The van der Waals surface area contributed by atoms with Crippen LogP contribution in [-0.4, -0.2) is 12.3 Å². The lowest BCUT2D eigenvalue weighted by atomic mass is 10.0. The number of nitrogens with two attached hydrogens (primary N) is 1. The quantitative estimate of drug-likeness (QED) is 0.380. The summed E-state index contributed by atoms with van der Waals surface area (Å²) in [5, 5.41) is 12.7. The molecule has 3 N–H and O–H groups in total. The molecule has 0 radical (unpaired) electrons. The number of carbonyl (C=O) groups is 1. The van der Waals surface area contributed by atoms with Crippen molar-refractivity contribution in [2.24, 2.45) is 0 Å². The van der Waals surface area contributed by atoms with Gasteiger partial charge in [-0.15, -0.1) is 0 Å². The Morgan fingerprint density at radius 1 is 1.37 bits per heavy atom. The van der Waals surface area contributed by atoms with Gasteiger partial charge in [-0.05, 0) is 25.0 Å². The number of halogens is 2. The number of allylic oxidation sites excluding steroid dienone is 2. The van der Waals surface area contributed by atoms with E-state index in [1.54, 1.807) is 0 Å². The Morgan fingerprint density at radius 3 is 2.68 bits per heavy atom. The van der Waals surface area contributed by atoms with E-state index in [9.17, 15) is 4.79 Å². The fourth-order valence-corrected chi connectivity index (χ4v) is 2.40. The molecule has 2 rings (SSSR count). The Hall–Kier alpha value is -1.70. The summed E-state index contributed by atoms with van der Waals surface area (Å²) in [5.74, 6) is -0.430. The van der Waals surface area contributed by atoms with Crippen molar-refractivity contribution in [2.75, 3.05) is 12.3 Å². The van der Waals surface area contributed by atoms with Crippen LogP contribution >= 0.6 is 23.2 Å². The topological polar surface area (TPSA) is 78.9 Å². The molecule has 1 saturated heterocycles. The molecule has 1 aromatic rings. The maximum Gasteiger partial charge on any atom is 0.206 e. The predicted molar refractivity (Wildman–Crippen MR) is 75.1 cm³/mol. The van der Waals surface area contributed by atoms with Crippen molar-refractivity contribution in [1.82, 2.24) is 5.32 Å². The minimum Gasteiger partial charge on any atom is -0.398 e. The van der Waals surface area contributed by atoms with Crippen molar-refractivity contribution in [1.29, 1.82) is 5.26 Å². The highest BCUT2D eigenvalue weighted by Gasteiger charge is 2.22. The zero-order valence-electron chi connectivity index (χ0n) is 9.96. The molecule has 1 fully saturated rings. The number of nitrogens with zero attached hydrogens (tertiary/aromatic N) is 1. The molecule has 0 aliphatic carbocycles. The average Bonchev–Trinajstić information content (AvgIpc) is 2.88. The maximum atomic E-state index is 12.3. The van der Waals surface area contributed by atoms with E-state index < -0.39 is 5.78 Å². The summed E-state index contributed by atoms with van der Waals surface area (Å²) >= 11 is 11.8. The number of Topliss-reactive ketones (excluding diaryl/α,β-unsaturated/α-hetero) is 1. The van der Waals surface area contributed by atoms with Gasteiger partial charge in [0.15, 0.2) is 0 Å². The molecule has 98 valence electrons. The monoisotopic (exact) mass is 295 g/mol. The highest BCUT2D eigenvalue weighted by Crippen LogP contribution is 2.29. The lowest BCUT2D eigenvalue weighted by molar-refractivity contribution is 0.103. The lowest BCUT2D eigenvalue weighted by Gasteiger charge is -2.08. The zero-order valence-corrected chi connectivity index (χ0v) is 11.5. The van der Waals surface area contributed by atoms with Crippen molar-refractivity contribution in [3.05, 3.63) is 39.0 Å². The van der Waals surface area contributed by atoms with Crippen LogP contribution in [0, 0.1) is 11.3 Å². The first kappa shape index (κ1) is 13.7. The lowest BCUT2D eigenvalue weighted by Crippen LogP contribution is -2.13. The summed E-state index contributed by atoms with van der Waals surface area (Å²) in [7, 11) is 0. The highest BCUT2D eigenvalue weighted by molar-refractivity contribution is 6.39. The molecule has 1 aliphatic rings. The highest BCUT2D eigenvalue weighted by atomic mass is 35.5. The van der Waals surface area contributed by atoms with Gasteiger partial charge in [0.05, 0.1) is 15.7 Å². The molecule has 19 heavy (non-hydrogen) atoms. The van der Waals surface area contributed by atoms with Crippen LogP contribution in [0.2, 0.25) is 10.0 Å². The summed E-state index contributed by atoms with van der Waals surface area (Å²) in [5.41, 5.74) is 6.87. The number of carbonyl (C=O) groups excluding carboxylic acids is 1. The number of ketones is 1. The third kappa shape index (κ3) is 2.67. The van der Waals surface area contributed by atoms with Gasteiger partial charge in [0.25, 0.3) is 0 Å². The smallest absolute Gasteiger partial charge is 0.206 e. The number of hydrogen-bond acceptors (Lipinski definition) is 4. The molecule has 1 heterocycles. The second kappa shape index (κ2) is 5.52. The van der Waals surface area contributed by atoms with Crippen LogP contribution in [0.25, 0.3) is 0 Å². The second-order valence-corrected chi connectivity index (χ2v) is 4.99. The second-order valence-electron chi connectivity index (χ2n) is 4.18. The Morgan fingerprint density at radius 2 is 2.11 bits per heavy atom. The van der Waals surface area contributed by atoms with Gasteiger partial charge in [-0.1, -0.05) is 23.2 Å². The van der Waals surface area contributed by atoms with E-state index in [0.29, 0.717) is 12.1 Å². The molecular weight excluding hydrogens is 285 g/mol. The number of rotatable bonds is 2. The fraction of sp³-hybridized carbons (Fsp3) is 0.231. The van der Waals surface area contributed by atoms with Gasteiger partial charge in [0.2, 0.25) is 5.78 Å². The van der Waals surface area contributed by atoms with Crippen molar-refractivity contribution in [2.45, 2.75) is 12.8 Å². The minimum atomic E-state index is -0.430. The van der Waals surface area contributed by atoms with E-state index in [1.807, 2.05) is 6.07 Å². The number of nitriles is 1. The molecule has 4 nitrogen and oxygen atoms in total. The number of nitrogens with one attached hydrogen (secondary N) is 1. The third-order valence-corrected chi connectivity index (χ3v) is 3.55. The molecule has 6 heteroatoms. The molecule has 0 saturated carbocycles. The minimum absolute atomic E-state index is 0.0844. The Labute approximate surface area is 120 Å². The van der Waals surface area contributed by atoms with Crippen LogP contribution in [0.5, 0.6) is 0 Å². The largest absolute Gasteiger partial charge is 0.398 e. The molecule has 0 amide bonds. The number of benzene rings is 1. The zero-order chi connectivity index (χ0) is 14.0. The van der Waals surface area contributed by atoms with Crippen LogP contribution in [0.1, 0.15) is 23.2 Å². The van der Waals surface area contributed by atoms with Gasteiger partial charge in [-0.2, -0.15) is 5.26 Å². The van der Waals surface area contributed by atoms with E-state index in [0.717, 1.165) is 13.0 Å². The van der Waals surface area contributed by atoms with Crippen LogP contribution in [0.3, 0.4) is 0 Å². The summed E-state index contributed by atoms with van der Waals surface area (Å²) in [4.78, 5) is 12.3. The van der Waals surface area contributed by atoms with Gasteiger partial charge in [0, 0.05) is 17.8 Å². The van der Waals surface area contributed by atoms with Gasteiger partial charge < -0.3 is 11.1 Å². The van der Waals surface area contributed by atoms with Crippen LogP contribution in [0.15, 0.2) is 23.4 Å². The van der Waals surface area contributed by atoms with Gasteiger partial charge in [-0.3, -0.25) is 4.79 Å². The maximum absolute atomic E-state index is 12.3. The summed E-state index contributed by atoms with van der Waals surface area (Å²) in [6.07, 6.45) is 1.60. The fourth-order valence-electron chi connectivity index (χ4n) is 1.94. The van der Waals surface area contributed by atoms with Crippen molar-refractivity contribution in [3.8, 4) is 6.07 Å². The Kier molecular flexibility index (Phi) is 3.98. The molecule has 1 aromatic carbocycles. The number of anilines is 1. The number of nitrogen functional groups attached to an aromatic ring is 1. The van der Waals surface area contributed by atoms with Crippen LogP contribution in [0.4, 0.5) is 5.69 Å². The normalized spacial score (nSPS) is 16.7. The summed E-state index contributed by atoms with van der Waals surface area (Å²) in [6.45, 7) is 0.768. The van der Waals surface area contributed by atoms with Crippen LogP contribution in [-0.2, 0) is 0 Å². The summed E-state index contributed by atoms with van der Waals surface area (Å²) in [6, 6.07) is 4.75. The third-order valence-electron chi connectivity index (χ3n) is 2.91. The van der Waals surface area contributed by atoms with Crippen molar-refractivity contribution in [3.63, 3.8) is 0 Å². The SMILES string of the molecule is N#CC(C(=O)c1cc(N)c(Cl)cc1Cl)=C1CCCN1. The molecule has 0 spiro atoms. The molecule has 0 unspecified atom stereocenters. The van der Waals surface area contributed by atoms with Crippen molar-refractivity contribution < 1.29 is 4.79 Å². The summed E-state index contributed by atoms with van der Waals surface area (Å²) < 4.78 is 0. The molecule has 0 aromatic heterocycles. The van der Waals surface area contributed by atoms with Crippen LogP contribution < -0.4 is 11.1 Å². The Bertz CT molecular complexity index is 609. The van der Waals surface area contributed by atoms with E-state index >= 15 is 0 Å². The Balaban J connectivity index is 2.47. The first-order valence-corrected chi connectivity index (χ1v) is 6.46. The van der Waals surface area contributed by atoms with E-state index in [1.165, 1.54) is 12.1 Å².